The van der Waals surface area contributed by atoms with Crippen LogP contribution in [0.4, 0.5) is 0 Å². The van der Waals surface area contributed by atoms with Gasteiger partial charge >= 0.3 is 0 Å². The van der Waals surface area contributed by atoms with Gasteiger partial charge in [0.05, 0.1) is 11.6 Å². The van der Waals surface area contributed by atoms with Crippen LogP contribution in [0.1, 0.15) is 38.1 Å². The van der Waals surface area contributed by atoms with E-state index in [2.05, 4.69) is 10.3 Å². The van der Waals surface area contributed by atoms with Gasteiger partial charge in [0.1, 0.15) is 18.7 Å². The summed E-state index contributed by atoms with van der Waals surface area (Å²) in [4.78, 5) is 44.7. The van der Waals surface area contributed by atoms with Gasteiger partial charge < -0.3 is 15.0 Å². The van der Waals surface area contributed by atoms with E-state index in [-0.39, 0.29) is 36.2 Å². The fourth-order valence-corrected chi connectivity index (χ4v) is 4.37. The molecule has 0 saturated carbocycles. The minimum Gasteiger partial charge on any atom is -0.367 e. The van der Waals surface area contributed by atoms with E-state index in [1.54, 1.807) is 29.3 Å². The molecule has 3 heterocycles. The molecule has 30 heavy (non-hydrogen) atoms. The summed E-state index contributed by atoms with van der Waals surface area (Å²) in [7, 11) is 0. The molecule has 7 heteroatoms. The number of fused-ring (bicyclic) bond motifs is 2. The van der Waals surface area contributed by atoms with Crippen molar-refractivity contribution in [2.24, 2.45) is 11.3 Å². The molecule has 1 aromatic heterocycles. The summed E-state index contributed by atoms with van der Waals surface area (Å²) >= 11 is 0. The molecule has 7 nitrogen and oxygen atoms in total. The molecule has 0 radical (unpaired) electrons. The summed E-state index contributed by atoms with van der Waals surface area (Å²) in [5.41, 5.74) is 0.731. The lowest BCUT2D eigenvalue weighted by Crippen LogP contribution is -2.57. The van der Waals surface area contributed by atoms with Crippen molar-refractivity contribution in [2.45, 2.75) is 45.9 Å². The van der Waals surface area contributed by atoms with Gasteiger partial charge in [0.25, 0.3) is 5.91 Å². The van der Waals surface area contributed by atoms with Crippen molar-refractivity contribution in [3.63, 3.8) is 0 Å². The van der Waals surface area contributed by atoms with Crippen LogP contribution in [0.25, 0.3) is 10.9 Å². The van der Waals surface area contributed by atoms with Gasteiger partial charge in [0, 0.05) is 29.6 Å². The van der Waals surface area contributed by atoms with Crippen molar-refractivity contribution in [2.75, 3.05) is 13.2 Å². The largest absolute Gasteiger partial charge is 0.367 e. The standard InChI is InChI=1S/C23H27N3O4/c1-13-11-26(18-17(27)12-30-19(13)18)22(29)20(23(2,3)4)25-21(28)15-7-8-16-14(10-15)6-5-9-24-16/h5-10,13,18-20H,11-12H2,1-4H3,(H,25,28)/t13?,18-,19+,20?/m1/s1. The van der Waals surface area contributed by atoms with Crippen molar-refractivity contribution < 1.29 is 19.1 Å². The van der Waals surface area contributed by atoms with Gasteiger partial charge in [-0.2, -0.15) is 0 Å². The molecular weight excluding hydrogens is 382 g/mol. The van der Waals surface area contributed by atoms with Crippen LogP contribution in [0.2, 0.25) is 0 Å². The average molecular weight is 409 g/mol. The minimum atomic E-state index is -0.769. The number of hydrogen-bond donors (Lipinski definition) is 1. The Labute approximate surface area is 175 Å². The fourth-order valence-electron chi connectivity index (χ4n) is 4.37. The maximum atomic E-state index is 13.5. The first-order valence-corrected chi connectivity index (χ1v) is 10.3. The van der Waals surface area contributed by atoms with Crippen LogP contribution >= 0.6 is 0 Å². The maximum absolute atomic E-state index is 13.5. The molecule has 2 amide bonds. The molecule has 2 aliphatic rings. The van der Waals surface area contributed by atoms with Crippen LogP contribution in [0.3, 0.4) is 0 Å². The number of nitrogens with zero attached hydrogens (tertiary/aromatic N) is 2. The van der Waals surface area contributed by atoms with Gasteiger partial charge in [-0.15, -0.1) is 0 Å². The summed E-state index contributed by atoms with van der Waals surface area (Å²) in [5, 5.41) is 3.78. The first-order valence-electron chi connectivity index (χ1n) is 10.3. The summed E-state index contributed by atoms with van der Waals surface area (Å²) in [6.45, 7) is 8.20. The fraction of sp³-hybridized carbons (Fsp3) is 0.478. The number of carbonyl (C=O) groups excluding carboxylic acids is 3. The molecule has 4 rings (SSSR count). The number of ketones is 1. The molecule has 158 valence electrons. The summed E-state index contributed by atoms with van der Waals surface area (Å²) in [6.07, 6.45) is 1.44. The molecule has 1 aromatic carbocycles. The quantitative estimate of drug-likeness (QED) is 0.840. The second-order valence-electron chi connectivity index (χ2n) is 9.34. The Morgan fingerprint density at radius 1 is 1.27 bits per heavy atom. The molecule has 2 aliphatic heterocycles. The number of aromatic nitrogens is 1. The first kappa shape index (κ1) is 20.5. The highest BCUT2D eigenvalue weighted by Crippen LogP contribution is 2.33. The number of pyridine rings is 1. The number of likely N-dealkylation sites (tertiary alicyclic amines) is 1. The zero-order valence-corrected chi connectivity index (χ0v) is 17.7. The van der Waals surface area contributed by atoms with E-state index in [9.17, 15) is 14.4 Å². The van der Waals surface area contributed by atoms with E-state index >= 15 is 0 Å². The third-order valence-corrected chi connectivity index (χ3v) is 5.98. The van der Waals surface area contributed by atoms with Crippen molar-refractivity contribution in [3.8, 4) is 0 Å². The van der Waals surface area contributed by atoms with Gasteiger partial charge in [-0.25, -0.2) is 0 Å². The smallest absolute Gasteiger partial charge is 0.251 e. The van der Waals surface area contributed by atoms with Gasteiger partial charge in [-0.1, -0.05) is 33.8 Å². The van der Waals surface area contributed by atoms with Crippen molar-refractivity contribution in [1.29, 1.82) is 0 Å². The van der Waals surface area contributed by atoms with E-state index in [0.717, 1.165) is 10.9 Å². The van der Waals surface area contributed by atoms with Gasteiger partial charge in [0.15, 0.2) is 5.78 Å². The average Bonchev–Trinajstić information content (AvgIpc) is 3.25. The molecule has 0 bridgehead atoms. The van der Waals surface area contributed by atoms with Crippen LogP contribution < -0.4 is 5.32 Å². The summed E-state index contributed by atoms with van der Waals surface area (Å²) < 4.78 is 5.60. The number of Topliss-reactive ketones (excluding diaryl/α,β-unsaturated/α-hetero) is 1. The Hall–Kier alpha value is -2.80. The van der Waals surface area contributed by atoms with Crippen LogP contribution in [0, 0.1) is 11.3 Å². The van der Waals surface area contributed by atoms with E-state index in [1.165, 1.54) is 0 Å². The zero-order chi connectivity index (χ0) is 21.6. The van der Waals surface area contributed by atoms with Crippen LogP contribution in [-0.2, 0) is 14.3 Å². The molecular formula is C23H27N3O4. The van der Waals surface area contributed by atoms with Crippen molar-refractivity contribution >= 4 is 28.5 Å². The van der Waals surface area contributed by atoms with E-state index in [1.807, 2.05) is 39.8 Å². The Balaban J connectivity index is 1.59. The highest BCUT2D eigenvalue weighted by Gasteiger charge is 2.52. The molecule has 1 N–H and O–H groups in total. The number of nitrogens with one attached hydrogen (secondary N) is 1. The number of rotatable bonds is 3. The highest BCUT2D eigenvalue weighted by molar-refractivity contribution is 6.01. The Bertz CT molecular complexity index is 1010. The third kappa shape index (κ3) is 3.58. The van der Waals surface area contributed by atoms with Crippen LogP contribution in [0.5, 0.6) is 0 Å². The Morgan fingerprint density at radius 3 is 2.77 bits per heavy atom. The predicted molar refractivity (Wildman–Crippen MR) is 112 cm³/mol. The molecule has 2 unspecified atom stereocenters. The number of carbonyl (C=O) groups is 3. The van der Waals surface area contributed by atoms with E-state index < -0.39 is 17.5 Å². The van der Waals surface area contributed by atoms with Crippen molar-refractivity contribution in [3.05, 3.63) is 42.1 Å². The molecule has 2 aromatic rings. The molecule has 0 aliphatic carbocycles. The summed E-state index contributed by atoms with van der Waals surface area (Å²) in [5.74, 6) is -0.559. The van der Waals surface area contributed by atoms with Gasteiger partial charge in [-0.05, 0) is 29.7 Å². The second kappa shape index (κ2) is 7.47. The lowest BCUT2D eigenvalue weighted by Gasteiger charge is -2.35. The topological polar surface area (TPSA) is 88.6 Å². The Kier molecular flexibility index (Phi) is 5.10. The third-order valence-electron chi connectivity index (χ3n) is 5.98. The first-order chi connectivity index (χ1) is 14.2. The molecule has 4 atom stereocenters. The molecule has 2 fully saturated rings. The second-order valence-corrected chi connectivity index (χ2v) is 9.34. The van der Waals surface area contributed by atoms with Gasteiger partial charge in [0.2, 0.25) is 5.91 Å². The minimum absolute atomic E-state index is 0.0428. The number of benzene rings is 1. The van der Waals surface area contributed by atoms with Crippen molar-refractivity contribution in [1.82, 2.24) is 15.2 Å². The number of ether oxygens (including phenoxy) is 1. The lowest BCUT2D eigenvalue weighted by atomic mass is 9.85. The highest BCUT2D eigenvalue weighted by atomic mass is 16.5. The monoisotopic (exact) mass is 409 g/mol. The lowest BCUT2D eigenvalue weighted by molar-refractivity contribution is -0.140. The molecule has 0 spiro atoms. The van der Waals surface area contributed by atoms with E-state index in [4.69, 9.17) is 4.74 Å². The predicted octanol–water partition coefficient (Wildman–Crippen LogP) is 2.19. The maximum Gasteiger partial charge on any atom is 0.251 e. The van der Waals surface area contributed by atoms with Crippen LogP contribution in [0.15, 0.2) is 36.5 Å². The van der Waals surface area contributed by atoms with Gasteiger partial charge in [-0.3, -0.25) is 19.4 Å². The van der Waals surface area contributed by atoms with E-state index in [0.29, 0.717) is 12.1 Å². The SMILES string of the molecule is CC1CN(C(=O)C(NC(=O)c2ccc3ncccc3c2)C(C)(C)C)[C@@H]2C(=O)CO[C@@H]12. The van der Waals surface area contributed by atoms with Crippen LogP contribution in [-0.4, -0.2) is 58.8 Å². The normalized spacial score (nSPS) is 24.7. The Morgan fingerprint density at radius 2 is 2.03 bits per heavy atom. The molecule has 2 saturated heterocycles. The summed E-state index contributed by atoms with van der Waals surface area (Å²) in [6, 6.07) is 7.65. The number of hydrogen-bond acceptors (Lipinski definition) is 5. The zero-order valence-electron chi connectivity index (χ0n) is 17.7. The number of amides is 2.